The third-order valence-electron chi connectivity index (χ3n) is 13.7. The van der Waals surface area contributed by atoms with E-state index >= 15 is 0 Å². The molecule has 0 radical (unpaired) electrons. The van der Waals surface area contributed by atoms with Crippen LogP contribution in [0.15, 0.2) is 231 Å². The molecule has 0 saturated heterocycles. The molecule has 0 rings (SSSR count). The zero-order valence-corrected chi connectivity index (χ0v) is 59.1. The summed E-state index contributed by atoms with van der Waals surface area (Å²) in [5, 5.41) is 0. The van der Waals surface area contributed by atoms with E-state index < -0.39 is 32.5 Å². The standard InChI is InChI=1S/C82H126NO8P/c1-6-8-10-12-14-16-18-20-22-24-26-28-30-32-34-36-38-39-40-41-42-43-45-47-49-51-53-55-57-59-61-63-65-67-69-71-73-75-82(85)91-80(79-90-92(86,87)89-77-76-83(3,4)5)78-88-81(84)74-72-70-68-66-64-62-60-58-56-54-52-50-48-46-44-37-35-33-31-29-27-25-23-21-19-17-15-13-11-9-7-2/h8-11,14-17,20-23,26-29,32-35,38-39,41-42,44-47,50-53,56-59,62,64,80H,6-7,12-13,18-19,24-25,30-31,36-37,40,43,48-49,54-55,60-61,63,65-79H2,1-5H3/p+1/b10-8-,11-9-,16-14-,17-15-,22-20-,23-21-,28-26-,29-27-,34-32-,35-33-,39-38-,42-41-,46-44-,47-45-,52-50-,53-51-,58-56-,59-57-,64-62-. The Morgan fingerprint density at radius 3 is 0.880 bits per heavy atom. The predicted molar refractivity (Wildman–Crippen MR) is 398 cm³/mol. The molecule has 9 nitrogen and oxygen atoms in total. The Morgan fingerprint density at radius 1 is 0.337 bits per heavy atom. The van der Waals surface area contributed by atoms with Crippen LogP contribution in [-0.2, 0) is 32.7 Å². The third-order valence-corrected chi connectivity index (χ3v) is 14.7. The van der Waals surface area contributed by atoms with E-state index in [0.717, 1.165) is 180 Å². The fourth-order valence-electron chi connectivity index (χ4n) is 8.39. The second-order valence-electron chi connectivity index (χ2n) is 23.4. The van der Waals surface area contributed by atoms with E-state index in [0.29, 0.717) is 23.9 Å². The highest BCUT2D eigenvalue weighted by Crippen LogP contribution is 2.43. The van der Waals surface area contributed by atoms with Crippen molar-refractivity contribution in [1.29, 1.82) is 0 Å². The average Bonchev–Trinajstić information content (AvgIpc) is 2.34. The first-order valence-electron chi connectivity index (χ1n) is 35.1. The molecular formula is C82H127NO8P+. The number of nitrogens with zero attached hydrogens (tertiary/aromatic N) is 1. The van der Waals surface area contributed by atoms with E-state index in [9.17, 15) is 19.0 Å². The summed E-state index contributed by atoms with van der Waals surface area (Å²) in [6.07, 6.45) is 113. The molecule has 0 aromatic rings. The number of hydrogen-bond donors (Lipinski definition) is 1. The molecular weight excluding hydrogens is 1160 g/mol. The SMILES string of the molecule is CC/C=C\C/C=C\C/C=C\C/C=C\C/C=C\C/C=C\C/C=C\C/C=C\C/C=C\C/C=C\CCCCCCCCC(=O)OC(COC(=O)CCCCC/C=C\C/C=C\C/C=C\C/C=C\C/C=C\C/C=C\C/C=C\C/C=C\C/C=C\CC)COP(=O)(O)OCC[N+](C)(C)C. The highest BCUT2D eigenvalue weighted by Gasteiger charge is 2.27. The number of quaternary nitrogens is 1. The van der Waals surface area contributed by atoms with Crippen molar-refractivity contribution in [3.63, 3.8) is 0 Å². The summed E-state index contributed by atoms with van der Waals surface area (Å²) in [7, 11) is 1.41. The number of unbranched alkanes of at least 4 members (excludes halogenated alkanes) is 9. The minimum Gasteiger partial charge on any atom is -0.462 e. The van der Waals surface area contributed by atoms with Crippen molar-refractivity contribution in [2.75, 3.05) is 47.5 Å². The Hall–Kier alpha value is -5.93. The van der Waals surface area contributed by atoms with E-state index in [1.54, 1.807) is 0 Å². The van der Waals surface area contributed by atoms with Gasteiger partial charge in [0.25, 0.3) is 0 Å². The van der Waals surface area contributed by atoms with Gasteiger partial charge in [0.1, 0.15) is 19.8 Å². The minimum absolute atomic E-state index is 0.00873. The Balaban J connectivity index is 4.27. The van der Waals surface area contributed by atoms with Gasteiger partial charge in [-0.2, -0.15) is 0 Å². The van der Waals surface area contributed by atoms with Crippen LogP contribution in [0, 0.1) is 0 Å². The molecule has 10 heteroatoms. The molecule has 0 aromatic heterocycles. The van der Waals surface area contributed by atoms with E-state index in [1.165, 1.54) is 0 Å². The maximum Gasteiger partial charge on any atom is 0.472 e. The minimum atomic E-state index is -4.42. The Labute approximate surface area is 562 Å². The fourth-order valence-corrected chi connectivity index (χ4v) is 9.13. The molecule has 2 atom stereocenters. The summed E-state index contributed by atoms with van der Waals surface area (Å²) >= 11 is 0. The molecule has 0 fully saturated rings. The summed E-state index contributed by atoms with van der Waals surface area (Å²) < 4.78 is 34.6. The molecule has 0 heterocycles. The molecule has 0 bridgehead atoms. The van der Waals surface area contributed by atoms with Crippen LogP contribution in [0.2, 0.25) is 0 Å². The number of phosphoric ester groups is 1. The van der Waals surface area contributed by atoms with E-state index in [2.05, 4.69) is 245 Å². The smallest absolute Gasteiger partial charge is 0.462 e. The quantitative estimate of drug-likeness (QED) is 0.0211. The number of allylic oxidation sites excluding steroid dienone is 38. The van der Waals surface area contributed by atoms with Gasteiger partial charge in [-0.25, -0.2) is 4.57 Å². The van der Waals surface area contributed by atoms with Crippen molar-refractivity contribution >= 4 is 19.8 Å². The Morgan fingerprint density at radius 2 is 0.587 bits per heavy atom. The molecule has 0 saturated carbocycles. The molecule has 0 aliphatic carbocycles. The summed E-state index contributed by atoms with van der Waals surface area (Å²) in [5.74, 6) is -0.874. The highest BCUT2D eigenvalue weighted by atomic mass is 31.2. The topological polar surface area (TPSA) is 108 Å². The van der Waals surface area contributed by atoms with Crippen molar-refractivity contribution < 1.29 is 42.1 Å². The number of hydrogen-bond acceptors (Lipinski definition) is 7. The van der Waals surface area contributed by atoms with Crippen molar-refractivity contribution in [1.82, 2.24) is 0 Å². The van der Waals surface area contributed by atoms with Gasteiger partial charge in [-0.3, -0.25) is 18.6 Å². The van der Waals surface area contributed by atoms with Gasteiger partial charge in [-0.05, 0) is 161 Å². The van der Waals surface area contributed by atoms with Crippen molar-refractivity contribution in [2.45, 2.75) is 225 Å². The predicted octanol–water partition coefficient (Wildman–Crippen LogP) is 23.4. The molecule has 2 unspecified atom stereocenters. The van der Waals surface area contributed by atoms with Gasteiger partial charge in [0.2, 0.25) is 0 Å². The van der Waals surface area contributed by atoms with E-state index in [-0.39, 0.29) is 26.1 Å². The zero-order valence-electron chi connectivity index (χ0n) is 58.2. The second-order valence-corrected chi connectivity index (χ2v) is 24.9. The normalized spacial score (nSPS) is 14.5. The van der Waals surface area contributed by atoms with E-state index in [4.69, 9.17) is 18.5 Å². The second kappa shape index (κ2) is 69.4. The van der Waals surface area contributed by atoms with E-state index in [1.807, 2.05) is 21.1 Å². The molecule has 92 heavy (non-hydrogen) atoms. The molecule has 1 N–H and O–H groups in total. The third kappa shape index (κ3) is 73.1. The lowest BCUT2D eigenvalue weighted by Crippen LogP contribution is -2.37. The van der Waals surface area contributed by atoms with Gasteiger partial charge in [-0.1, -0.05) is 277 Å². The average molecular weight is 1290 g/mol. The fraction of sp³-hybridized carbons (Fsp3) is 0.512. The lowest BCUT2D eigenvalue weighted by Gasteiger charge is -2.24. The number of rotatable bonds is 61. The summed E-state index contributed by atoms with van der Waals surface area (Å²) in [6.45, 7) is 4.11. The molecule has 512 valence electrons. The zero-order chi connectivity index (χ0) is 66.9. The monoisotopic (exact) mass is 1280 g/mol. The van der Waals surface area contributed by atoms with Crippen molar-refractivity contribution in [3.05, 3.63) is 231 Å². The van der Waals surface area contributed by atoms with Gasteiger partial charge in [0, 0.05) is 12.8 Å². The van der Waals surface area contributed by atoms with Crippen LogP contribution in [0.4, 0.5) is 0 Å². The number of carbonyl (C=O) groups is 2. The van der Waals surface area contributed by atoms with Crippen molar-refractivity contribution in [2.24, 2.45) is 0 Å². The molecule has 0 amide bonds. The number of esters is 2. The summed E-state index contributed by atoms with van der Waals surface area (Å²) in [4.78, 5) is 35.9. The maximum atomic E-state index is 12.9. The van der Waals surface area contributed by atoms with Crippen LogP contribution in [-0.4, -0.2) is 74.9 Å². The van der Waals surface area contributed by atoms with Crippen LogP contribution in [0.1, 0.15) is 219 Å². The van der Waals surface area contributed by atoms with Crippen LogP contribution in [0.5, 0.6) is 0 Å². The summed E-state index contributed by atoms with van der Waals surface area (Å²) in [6, 6.07) is 0. The number of carbonyl (C=O) groups excluding carboxylic acids is 2. The number of ether oxygens (including phenoxy) is 2. The first-order valence-corrected chi connectivity index (χ1v) is 36.6. The van der Waals surface area contributed by atoms with Gasteiger partial charge in [0.05, 0.1) is 27.7 Å². The van der Waals surface area contributed by atoms with Gasteiger partial charge < -0.3 is 18.9 Å². The van der Waals surface area contributed by atoms with Crippen LogP contribution in [0.25, 0.3) is 0 Å². The largest absolute Gasteiger partial charge is 0.472 e. The number of phosphoric acid groups is 1. The first kappa shape index (κ1) is 86.1. The molecule has 0 spiro atoms. The van der Waals surface area contributed by atoms with Gasteiger partial charge in [-0.15, -0.1) is 0 Å². The first-order chi connectivity index (χ1) is 45.0. The number of likely N-dealkylation sites (N-methyl/N-ethyl adjacent to an activating group) is 1. The van der Waals surface area contributed by atoms with Crippen LogP contribution in [0.3, 0.4) is 0 Å². The van der Waals surface area contributed by atoms with Gasteiger partial charge >= 0.3 is 19.8 Å². The Bertz CT molecular complexity index is 2400. The summed E-state index contributed by atoms with van der Waals surface area (Å²) in [5.41, 5.74) is 0. The molecule has 0 aliphatic heterocycles. The lowest BCUT2D eigenvalue weighted by atomic mass is 10.1. The van der Waals surface area contributed by atoms with Gasteiger partial charge in [0.15, 0.2) is 6.10 Å². The maximum absolute atomic E-state index is 12.9. The molecule has 0 aliphatic rings. The highest BCUT2D eigenvalue weighted by molar-refractivity contribution is 7.47. The van der Waals surface area contributed by atoms with Crippen molar-refractivity contribution in [3.8, 4) is 0 Å². The molecule has 0 aromatic carbocycles. The van der Waals surface area contributed by atoms with Crippen LogP contribution >= 0.6 is 7.82 Å². The Kier molecular flexibility index (Phi) is 64.9. The van der Waals surface area contributed by atoms with Crippen LogP contribution < -0.4 is 0 Å². The lowest BCUT2D eigenvalue weighted by molar-refractivity contribution is -0.870.